The van der Waals surface area contributed by atoms with Crippen molar-refractivity contribution in [1.82, 2.24) is 10.3 Å². The lowest BCUT2D eigenvalue weighted by Crippen LogP contribution is -2.26. The van der Waals surface area contributed by atoms with Gasteiger partial charge in [-0.25, -0.2) is 0 Å². The quantitative estimate of drug-likeness (QED) is 0.733. The molecule has 0 aliphatic carbocycles. The summed E-state index contributed by atoms with van der Waals surface area (Å²) in [5, 5.41) is 5.66. The standard InChI is InChI=1S/C16H13BrN2O2S/c1-9-8-22-14(13(9)17)16(21)18-7-11-6-10-4-2-3-5-12(10)19-15(11)20/h2-6,8H,7H2,1H3,(H,18,21)(H,19,20). The van der Waals surface area contributed by atoms with Gasteiger partial charge in [0, 0.05) is 22.1 Å². The third-order valence-corrected chi connectivity index (χ3v) is 5.76. The minimum Gasteiger partial charge on any atom is -0.347 e. The van der Waals surface area contributed by atoms with Crippen LogP contribution >= 0.6 is 27.3 Å². The summed E-state index contributed by atoms with van der Waals surface area (Å²) in [6.45, 7) is 2.13. The van der Waals surface area contributed by atoms with Gasteiger partial charge in [-0.15, -0.1) is 11.3 Å². The molecule has 0 radical (unpaired) electrons. The van der Waals surface area contributed by atoms with E-state index >= 15 is 0 Å². The molecule has 0 atom stereocenters. The number of thiophene rings is 1. The number of para-hydroxylation sites is 1. The van der Waals surface area contributed by atoms with Crippen molar-refractivity contribution in [2.75, 3.05) is 0 Å². The summed E-state index contributed by atoms with van der Waals surface area (Å²) in [6.07, 6.45) is 0. The van der Waals surface area contributed by atoms with Crippen LogP contribution in [0.4, 0.5) is 0 Å². The number of aromatic amines is 1. The Kier molecular flexibility index (Phi) is 4.13. The fourth-order valence-electron chi connectivity index (χ4n) is 2.16. The molecule has 0 aliphatic heterocycles. The van der Waals surface area contributed by atoms with E-state index in [1.807, 2.05) is 42.6 Å². The molecule has 6 heteroatoms. The first-order chi connectivity index (χ1) is 10.6. The topological polar surface area (TPSA) is 62.0 Å². The van der Waals surface area contributed by atoms with Crippen LogP contribution in [0.3, 0.4) is 0 Å². The zero-order chi connectivity index (χ0) is 15.7. The maximum atomic E-state index is 12.2. The molecule has 0 bridgehead atoms. The number of aryl methyl sites for hydroxylation is 1. The molecule has 0 saturated heterocycles. The van der Waals surface area contributed by atoms with Gasteiger partial charge in [0.15, 0.2) is 0 Å². The first kappa shape index (κ1) is 15.0. The summed E-state index contributed by atoms with van der Waals surface area (Å²) < 4.78 is 0.808. The Bertz CT molecular complexity index is 914. The highest BCUT2D eigenvalue weighted by molar-refractivity contribution is 9.10. The van der Waals surface area contributed by atoms with Crippen LogP contribution in [0.5, 0.6) is 0 Å². The van der Waals surface area contributed by atoms with E-state index in [0.29, 0.717) is 10.4 Å². The van der Waals surface area contributed by atoms with Crippen molar-refractivity contribution in [3.63, 3.8) is 0 Å². The third kappa shape index (κ3) is 2.84. The molecule has 0 saturated carbocycles. The average Bonchev–Trinajstić information content (AvgIpc) is 2.84. The van der Waals surface area contributed by atoms with Crippen molar-refractivity contribution in [2.24, 2.45) is 0 Å². The van der Waals surface area contributed by atoms with E-state index in [9.17, 15) is 9.59 Å². The van der Waals surface area contributed by atoms with E-state index in [4.69, 9.17) is 0 Å². The van der Waals surface area contributed by atoms with Gasteiger partial charge in [0.2, 0.25) is 0 Å². The van der Waals surface area contributed by atoms with Gasteiger partial charge >= 0.3 is 0 Å². The number of aromatic nitrogens is 1. The van der Waals surface area contributed by atoms with Gasteiger partial charge in [-0.3, -0.25) is 9.59 Å². The maximum absolute atomic E-state index is 12.2. The number of amides is 1. The predicted octanol–water partition coefficient (Wildman–Crippen LogP) is 3.59. The molecule has 2 N–H and O–H groups in total. The maximum Gasteiger partial charge on any atom is 0.262 e. The van der Waals surface area contributed by atoms with Crippen LogP contribution in [0.2, 0.25) is 0 Å². The minimum atomic E-state index is -0.183. The molecule has 22 heavy (non-hydrogen) atoms. The fourth-order valence-corrected chi connectivity index (χ4v) is 3.75. The fraction of sp³-hybridized carbons (Fsp3) is 0.125. The van der Waals surface area contributed by atoms with Gasteiger partial charge in [-0.05, 0) is 51.3 Å². The second-order valence-electron chi connectivity index (χ2n) is 4.96. The Balaban J connectivity index is 1.82. The number of hydrogen-bond acceptors (Lipinski definition) is 3. The van der Waals surface area contributed by atoms with Gasteiger partial charge in [0.05, 0.1) is 0 Å². The van der Waals surface area contributed by atoms with Crippen LogP contribution < -0.4 is 10.9 Å². The molecule has 112 valence electrons. The summed E-state index contributed by atoms with van der Waals surface area (Å²) in [7, 11) is 0. The largest absolute Gasteiger partial charge is 0.347 e. The van der Waals surface area contributed by atoms with Crippen LogP contribution in [0.15, 0.2) is 45.0 Å². The number of benzene rings is 1. The SMILES string of the molecule is Cc1csc(C(=O)NCc2cc3ccccc3[nH]c2=O)c1Br. The highest BCUT2D eigenvalue weighted by Crippen LogP contribution is 2.27. The van der Waals surface area contributed by atoms with E-state index < -0.39 is 0 Å². The smallest absolute Gasteiger partial charge is 0.262 e. The van der Waals surface area contributed by atoms with Crippen molar-refractivity contribution < 1.29 is 4.79 Å². The van der Waals surface area contributed by atoms with Gasteiger partial charge in [0.1, 0.15) is 4.88 Å². The average molecular weight is 377 g/mol. The molecule has 1 aromatic carbocycles. The van der Waals surface area contributed by atoms with Crippen molar-refractivity contribution in [2.45, 2.75) is 13.5 Å². The van der Waals surface area contributed by atoms with Crippen LogP contribution in [-0.2, 0) is 6.54 Å². The molecule has 2 aromatic heterocycles. The van der Waals surface area contributed by atoms with E-state index in [2.05, 4.69) is 26.2 Å². The number of nitrogens with one attached hydrogen (secondary N) is 2. The number of rotatable bonds is 3. The number of H-pyrrole nitrogens is 1. The summed E-state index contributed by atoms with van der Waals surface area (Å²) in [6, 6.07) is 9.37. The zero-order valence-electron chi connectivity index (χ0n) is 11.8. The molecule has 3 aromatic rings. The molecule has 3 rings (SSSR count). The molecule has 0 unspecified atom stereocenters. The van der Waals surface area contributed by atoms with Crippen molar-refractivity contribution in [3.8, 4) is 0 Å². The number of halogens is 1. The molecule has 1 amide bonds. The first-order valence-electron chi connectivity index (χ1n) is 6.69. The lowest BCUT2D eigenvalue weighted by molar-refractivity contribution is 0.0954. The molecular formula is C16H13BrN2O2S. The van der Waals surface area contributed by atoms with Crippen LogP contribution in [0.25, 0.3) is 10.9 Å². The van der Waals surface area contributed by atoms with E-state index in [1.165, 1.54) is 11.3 Å². The summed E-state index contributed by atoms with van der Waals surface area (Å²) >= 11 is 4.79. The van der Waals surface area contributed by atoms with Crippen LogP contribution in [-0.4, -0.2) is 10.9 Å². The highest BCUT2D eigenvalue weighted by atomic mass is 79.9. The summed E-state index contributed by atoms with van der Waals surface area (Å²) in [5.41, 5.74) is 2.18. The molecule has 0 fully saturated rings. The molecular weight excluding hydrogens is 364 g/mol. The zero-order valence-corrected chi connectivity index (χ0v) is 14.2. The Labute approximate surface area is 139 Å². The van der Waals surface area contributed by atoms with Crippen molar-refractivity contribution in [3.05, 3.63) is 66.5 Å². The Hall–Kier alpha value is -1.92. The molecule has 0 aliphatic rings. The Morgan fingerprint density at radius 1 is 1.36 bits per heavy atom. The highest BCUT2D eigenvalue weighted by Gasteiger charge is 2.14. The van der Waals surface area contributed by atoms with Gasteiger partial charge in [-0.2, -0.15) is 0 Å². The lowest BCUT2D eigenvalue weighted by Gasteiger charge is -2.05. The Morgan fingerprint density at radius 3 is 2.86 bits per heavy atom. The molecule has 2 heterocycles. The van der Waals surface area contributed by atoms with Crippen molar-refractivity contribution >= 4 is 44.1 Å². The second kappa shape index (κ2) is 6.06. The van der Waals surface area contributed by atoms with Gasteiger partial charge in [0.25, 0.3) is 11.5 Å². The molecule has 4 nitrogen and oxygen atoms in total. The lowest BCUT2D eigenvalue weighted by atomic mass is 10.1. The van der Waals surface area contributed by atoms with Crippen LogP contribution in [0.1, 0.15) is 20.8 Å². The number of carbonyl (C=O) groups excluding carboxylic acids is 1. The predicted molar refractivity (Wildman–Crippen MR) is 92.5 cm³/mol. The van der Waals surface area contributed by atoms with E-state index in [-0.39, 0.29) is 18.0 Å². The van der Waals surface area contributed by atoms with Gasteiger partial charge in [-0.1, -0.05) is 18.2 Å². The normalized spacial score (nSPS) is 10.8. The molecule has 0 spiro atoms. The van der Waals surface area contributed by atoms with Crippen LogP contribution in [0, 0.1) is 6.92 Å². The summed E-state index contributed by atoms with van der Waals surface area (Å²) in [4.78, 5) is 27.7. The second-order valence-corrected chi connectivity index (χ2v) is 6.63. The minimum absolute atomic E-state index is 0.180. The summed E-state index contributed by atoms with van der Waals surface area (Å²) in [5.74, 6) is -0.183. The first-order valence-corrected chi connectivity index (χ1v) is 8.36. The number of pyridine rings is 1. The monoisotopic (exact) mass is 376 g/mol. The number of carbonyl (C=O) groups is 1. The third-order valence-electron chi connectivity index (χ3n) is 3.38. The van der Waals surface area contributed by atoms with Gasteiger partial charge < -0.3 is 10.3 Å². The Morgan fingerprint density at radius 2 is 2.14 bits per heavy atom. The van der Waals surface area contributed by atoms with E-state index in [1.54, 1.807) is 0 Å². The van der Waals surface area contributed by atoms with Crippen molar-refractivity contribution in [1.29, 1.82) is 0 Å². The number of fused-ring (bicyclic) bond motifs is 1. The number of hydrogen-bond donors (Lipinski definition) is 2. The van der Waals surface area contributed by atoms with E-state index in [0.717, 1.165) is 20.9 Å².